The third-order valence-corrected chi connectivity index (χ3v) is 6.59. The molecular weight excluding hydrogens is 430 g/mol. The van der Waals surface area contributed by atoms with E-state index >= 15 is 0 Å². The van der Waals surface area contributed by atoms with Crippen molar-refractivity contribution in [2.75, 3.05) is 26.7 Å². The average molecular weight is 462 g/mol. The Labute approximate surface area is 194 Å². The molecule has 1 saturated heterocycles. The van der Waals surface area contributed by atoms with E-state index < -0.39 is 6.09 Å². The van der Waals surface area contributed by atoms with Gasteiger partial charge >= 0.3 is 12.0 Å². The lowest BCUT2D eigenvalue weighted by Gasteiger charge is -2.37. The summed E-state index contributed by atoms with van der Waals surface area (Å²) in [6.07, 6.45) is 4.03. The molecule has 7 nitrogen and oxygen atoms in total. The summed E-state index contributed by atoms with van der Waals surface area (Å²) in [6, 6.07) is 7.67. The van der Waals surface area contributed by atoms with E-state index in [4.69, 9.17) is 25.6 Å². The quantitative estimate of drug-likeness (QED) is 0.528. The standard InChI is InChI=1S/C24H32ClN3O4/c1-16(2)22-13-23(32-26-22)31-24(29)27(3)14-17-10-20(11-17)30-19-7-6-18(21(25)12-19)15-28-8-4-5-9-28/h6-7,12-13,16-17,20H,4-5,8-11,14-15H2,1-3H3. The number of carbonyl (C=O) groups is 1. The van der Waals surface area contributed by atoms with Gasteiger partial charge in [-0.1, -0.05) is 36.7 Å². The Morgan fingerprint density at radius 1 is 1.28 bits per heavy atom. The molecule has 0 N–H and O–H groups in total. The van der Waals surface area contributed by atoms with Gasteiger partial charge in [-0.3, -0.25) is 4.90 Å². The van der Waals surface area contributed by atoms with E-state index in [1.54, 1.807) is 18.0 Å². The van der Waals surface area contributed by atoms with E-state index in [1.165, 1.54) is 12.8 Å². The van der Waals surface area contributed by atoms with Crippen molar-refractivity contribution >= 4 is 17.7 Å². The van der Waals surface area contributed by atoms with Crippen molar-refractivity contribution in [1.82, 2.24) is 15.0 Å². The smallest absolute Gasteiger partial charge is 0.417 e. The number of hydrogen-bond donors (Lipinski definition) is 0. The fourth-order valence-corrected chi connectivity index (χ4v) is 4.47. The van der Waals surface area contributed by atoms with Gasteiger partial charge in [-0.2, -0.15) is 0 Å². The third kappa shape index (κ3) is 5.75. The molecule has 1 aliphatic heterocycles. The van der Waals surface area contributed by atoms with E-state index in [9.17, 15) is 4.79 Å². The first-order valence-electron chi connectivity index (χ1n) is 11.4. The van der Waals surface area contributed by atoms with Crippen LogP contribution in [0, 0.1) is 5.92 Å². The summed E-state index contributed by atoms with van der Waals surface area (Å²) >= 11 is 6.49. The maximum Gasteiger partial charge on any atom is 0.417 e. The fraction of sp³-hybridized carbons (Fsp3) is 0.583. The van der Waals surface area contributed by atoms with Crippen molar-refractivity contribution in [2.45, 2.75) is 58.1 Å². The molecule has 2 fully saturated rings. The zero-order valence-electron chi connectivity index (χ0n) is 19.1. The number of aromatic nitrogens is 1. The average Bonchev–Trinajstić information content (AvgIpc) is 3.40. The molecule has 0 atom stereocenters. The topological polar surface area (TPSA) is 68.0 Å². The number of hydrogen-bond acceptors (Lipinski definition) is 6. The van der Waals surface area contributed by atoms with Crippen LogP contribution in [-0.4, -0.2) is 53.8 Å². The highest BCUT2D eigenvalue weighted by molar-refractivity contribution is 6.31. The minimum atomic E-state index is -0.443. The molecule has 2 aromatic rings. The lowest BCUT2D eigenvalue weighted by atomic mass is 9.82. The molecular formula is C24H32ClN3O4. The van der Waals surface area contributed by atoms with Gasteiger partial charge < -0.3 is 18.9 Å². The van der Waals surface area contributed by atoms with Crippen molar-refractivity contribution in [2.24, 2.45) is 5.92 Å². The van der Waals surface area contributed by atoms with Crippen molar-refractivity contribution in [3.63, 3.8) is 0 Å². The molecule has 0 unspecified atom stereocenters. The monoisotopic (exact) mass is 461 g/mol. The largest absolute Gasteiger partial charge is 0.490 e. The molecule has 32 heavy (non-hydrogen) atoms. The first kappa shape index (κ1) is 22.9. The molecule has 2 aliphatic rings. The molecule has 174 valence electrons. The second-order valence-corrected chi connectivity index (χ2v) is 9.69. The Kier molecular flexibility index (Phi) is 7.26. The SMILES string of the molecule is CC(C)c1cc(OC(=O)N(C)CC2CC(Oc3ccc(CN4CCCC4)c(Cl)c3)C2)on1. The molecule has 2 heterocycles. The summed E-state index contributed by atoms with van der Waals surface area (Å²) < 4.78 is 16.4. The van der Waals surface area contributed by atoms with Gasteiger partial charge in [0.2, 0.25) is 0 Å². The zero-order valence-corrected chi connectivity index (χ0v) is 19.8. The molecule has 4 rings (SSSR count). The second-order valence-electron chi connectivity index (χ2n) is 9.29. The maximum absolute atomic E-state index is 12.3. The minimum Gasteiger partial charge on any atom is -0.490 e. The number of rotatable bonds is 8. The normalized spacial score (nSPS) is 20.9. The third-order valence-electron chi connectivity index (χ3n) is 6.24. The molecule has 1 saturated carbocycles. The molecule has 0 radical (unpaired) electrons. The van der Waals surface area contributed by atoms with Gasteiger partial charge in [0.05, 0.1) is 11.8 Å². The van der Waals surface area contributed by atoms with E-state index in [1.807, 2.05) is 26.0 Å². The highest BCUT2D eigenvalue weighted by Crippen LogP contribution is 2.34. The maximum atomic E-state index is 12.3. The van der Waals surface area contributed by atoms with E-state index in [-0.39, 0.29) is 18.0 Å². The van der Waals surface area contributed by atoms with Crippen LogP contribution in [0.15, 0.2) is 28.8 Å². The van der Waals surface area contributed by atoms with Crippen LogP contribution < -0.4 is 9.47 Å². The summed E-state index contributed by atoms with van der Waals surface area (Å²) in [7, 11) is 1.73. The van der Waals surface area contributed by atoms with Crippen LogP contribution >= 0.6 is 11.6 Å². The first-order valence-corrected chi connectivity index (χ1v) is 11.8. The van der Waals surface area contributed by atoms with Gasteiger partial charge in [0.25, 0.3) is 0 Å². The lowest BCUT2D eigenvalue weighted by Crippen LogP contribution is -2.42. The summed E-state index contributed by atoms with van der Waals surface area (Å²) in [5, 5.41) is 4.67. The van der Waals surface area contributed by atoms with Crippen LogP contribution in [0.25, 0.3) is 0 Å². The van der Waals surface area contributed by atoms with Crippen LogP contribution in [-0.2, 0) is 6.54 Å². The molecule has 8 heteroatoms. The van der Waals surface area contributed by atoms with Gasteiger partial charge in [0.1, 0.15) is 5.75 Å². The summed E-state index contributed by atoms with van der Waals surface area (Å²) in [6.45, 7) is 7.82. The zero-order chi connectivity index (χ0) is 22.7. The summed E-state index contributed by atoms with van der Waals surface area (Å²) in [5.74, 6) is 1.53. The Bertz CT molecular complexity index is 920. The number of benzene rings is 1. The minimum absolute atomic E-state index is 0.130. The number of carbonyl (C=O) groups excluding carboxylic acids is 1. The predicted octanol–water partition coefficient (Wildman–Crippen LogP) is 5.34. The van der Waals surface area contributed by atoms with Crippen molar-refractivity contribution in [3.05, 3.63) is 40.5 Å². The highest BCUT2D eigenvalue weighted by Gasteiger charge is 2.33. The molecule has 1 aliphatic carbocycles. The summed E-state index contributed by atoms with van der Waals surface area (Å²) in [5.41, 5.74) is 1.92. The summed E-state index contributed by atoms with van der Waals surface area (Å²) in [4.78, 5) is 16.3. The van der Waals surface area contributed by atoms with Crippen LogP contribution in [0.5, 0.6) is 11.7 Å². The number of nitrogens with zero attached hydrogens (tertiary/aromatic N) is 3. The van der Waals surface area contributed by atoms with E-state index in [0.717, 1.165) is 54.5 Å². The molecule has 1 aromatic heterocycles. The van der Waals surface area contributed by atoms with Gasteiger partial charge in [-0.15, -0.1) is 0 Å². The van der Waals surface area contributed by atoms with Gasteiger partial charge in [0.15, 0.2) is 0 Å². The number of amides is 1. The highest BCUT2D eigenvalue weighted by atomic mass is 35.5. The first-order chi connectivity index (χ1) is 15.4. The van der Waals surface area contributed by atoms with Gasteiger partial charge in [-0.05, 0) is 68.3 Å². The second kappa shape index (κ2) is 10.1. The Morgan fingerprint density at radius 2 is 2.03 bits per heavy atom. The van der Waals surface area contributed by atoms with E-state index in [2.05, 4.69) is 16.1 Å². The molecule has 0 bridgehead atoms. The van der Waals surface area contributed by atoms with E-state index in [0.29, 0.717) is 12.5 Å². The van der Waals surface area contributed by atoms with Crippen molar-refractivity contribution in [3.8, 4) is 11.7 Å². The van der Waals surface area contributed by atoms with Crippen LogP contribution in [0.3, 0.4) is 0 Å². The van der Waals surface area contributed by atoms with Crippen LogP contribution in [0.4, 0.5) is 4.79 Å². The van der Waals surface area contributed by atoms with Crippen LogP contribution in [0.2, 0.25) is 5.02 Å². The van der Waals surface area contributed by atoms with Gasteiger partial charge in [-0.25, -0.2) is 4.79 Å². The van der Waals surface area contributed by atoms with Crippen molar-refractivity contribution < 1.29 is 18.8 Å². The Morgan fingerprint density at radius 3 is 2.69 bits per heavy atom. The number of ether oxygens (including phenoxy) is 2. The number of halogens is 1. The van der Waals surface area contributed by atoms with Crippen LogP contribution in [0.1, 0.15) is 56.7 Å². The van der Waals surface area contributed by atoms with Crippen molar-refractivity contribution in [1.29, 1.82) is 0 Å². The molecule has 0 spiro atoms. The molecule has 1 aromatic carbocycles. The lowest BCUT2D eigenvalue weighted by molar-refractivity contribution is 0.0472. The van der Waals surface area contributed by atoms with Gasteiger partial charge in [0, 0.05) is 31.2 Å². The fourth-order valence-electron chi connectivity index (χ4n) is 4.24. The predicted molar refractivity (Wildman–Crippen MR) is 122 cm³/mol. The Balaban J connectivity index is 1.19. The molecule has 1 amide bonds. The number of likely N-dealkylation sites (tertiary alicyclic amines) is 1. The Hall–Kier alpha value is -2.25.